The first-order valence-electron chi connectivity index (χ1n) is 10.4. The lowest BCUT2D eigenvalue weighted by Crippen LogP contribution is -2.40. The van der Waals surface area contributed by atoms with Crippen molar-refractivity contribution in [3.8, 4) is 17.6 Å². The second kappa shape index (κ2) is 10.4. The van der Waals surface area contributed by atoms with Gasteiger partial charge in [0.05, 0.1) is 31.9 Å². The summed E-state index contributed by atoms with van der Waals surface area (Å²) in [5, 5.41) is 33.0. The Kier molecular flexibility index (Phi) is 7.12. The van der Waals surface area contributed by atoms with E-state index in [9.17, 15) is 9.18 Å². The molecule has 1 aliphatic rings. The minimum absolute atomic E-state index is 0.0845. The summed E-state index contributed by atoms with van der Waals surface area (Å²) in [5.74, 6) is -0.549. The molecule has 176 valence electrons. The predicted molar refractivity (Wildman–Crippen MR) is 112 cm³/mol. The Morgan fingerprint density at radius 3 is 2.82 bits per heavy atom. The number of aryl methyl sites for hydroxylation is 1. The number of aromatic nitrogens is 6. The van der Waals surface area contributed by atoms with Gasteiger partial charge in [0.2, 0.25) is 5.82 Å². The van der Waals surface area contributed by atoms with Crippen LogP contribution in [0.4, 0.5) is 4.39 Å². The Morgan fingerprint density at radius 1 is 1.29 bits per heavy atom. The lowest BCUT2D eigenvalue weighted by Gasteiger charge is -2.27. The SMILES string of the molecule is Cc1nc(C(=O)NCc2ccc(F)c(C#N)c2)cc(-c2nnn(C[C@H]3CO[C@H](CO)CO3)n2)n1. The number of hydrogen-bond donors (Lipinski definition) is 2. The zero-order valence-corrected chi connectivity index (χ0v) is 18.2. The van der Waals surface area contributed by atoms with Crippen LogP contribution >= 0.6 is 0 Å². The first kappa shape index (κ1) is 23.3. The Labute approximate surface area is 193 Å². The van der Waals surface area contributed by atoms with Gasteiger partial charge in [-0.1, -0.05) is 6.07 Å². The van der Waals surface area contributed by atoms with E-state index in [0.717, 1.165) is 0 Å². The molecule has 1 aromatic carbocycles. The van der Waals surface area contributed by atoms with Crippen LogP contribution in [0, 0.1) is 24.1 Å². The number of hydrogen-bond acceptors (Lipinski definition) is 10. The summed E-state index contributed by atoms with van der Waals surface area (Å²) in [5.41, 5.74) is 0.889. The first-order valence-corrected chi connectivity index (χ1v) is 10.4. The Morgan fingerprint density at radius 2 is 2.09 bits per heavy atom. The number of aliphatic hydroxyl groups excluding tert-OH is 1. The van der Waals surface area contributed by atoms with Gasteiger partial charge in [-0.15, -0.1) is 10.2 Å². The number of amides is 1. The number of halogens is 1. The van der Waals surface area contributed by atoms with Gasteiger partial charge >= 0.3 is 0 Å². The molecule has 0 unspecified atom stereocenters. The highest BCUT2D eigenvalue weighted by Crippen LogP contribution is 2.14. The maximum atomic E-state index is 13.5. The fraction of sp³-hybridized carbons (Fsp3) is 0.381. The molecule has 34 heavy (non-hydrogen) atoms. The molecule has 2 N–H and O–H groups in total. The van der Waals surface area contributed by atoms with Crippen LogP contribution in [0.1, 0.15) is 27.4 Å². The van der Waals surface area contributed by atoms with Crippen molar-refractivity contribution in [1.29, 1.82) is 5.26 Å². The molecule has 1 saturated heterocycles. The van der Waals surface area contributed by atoms with Crippen LogP contribution in [-0.2, 0) is 22.6 Å². The number of aliphatic hydroxyl groups is 1. The fourth-order valence-corrected chi connectivity index (χ4v) is 3.24. The van der Waals surface area contributed by atoms with Crippen LogP contribution in [0.25, 0.3) is 11.5 Å². The van der Waals surface area contributed by atoms with E-state index in [2.05, 4.69) is 30.7 Å². The van der Waals surface area contributed by atoms with Crippen LogP contribution in [0.5, 0.6) is 0 Å². The number of rotatable bonds is 7. The van der Waals surface area contributed by atoms with Crippen molar-refractivity contribution in [3.05, 3.63) is 52.7 Å². The molecule has 12 nitrogen and oxygen atoms in total. The van der Waals surface area contributed by atoms with E-state index in [-0.39, 0.29) is 49.0 Å². The van der Waals surface area contributed by atoms with E-state index in [0.29, 0.717) is 30.2 Å². The molecule has 2 aromatic heterocycles. The molecule has 0 radical (unpaired) electrons. The Bertz CT molecular complexity index is 1220. The fourth-order valence-electron chi connectivity index (χ4n) is 3.24. The number of carbonyl (C=O) groups is 1. The highest BCUT2D eigenvalue weighted by molar-refractivity contribution is 5.93. The Balaban J connectivity index is 1.42. The molecule has 0 saturated carbocycles. The summed E-state index contributed by atoms with van der Waals surface area (Å²) in [4.78, 5) is 22.4. The Hall–Kier alpha value is -3.86. The van der Waals surface area contributed by atoms with Gasteiger partial charge in [0, 0.05) is 6.54 Å². The lowest BCUT2D eigenvalue weighted by molar-refractivity contribution is -0.150. The summed E-state index contributed by atoms with van der Waals surface area (Å²) in [6.45, 7) is 2.48. The monoisotopic (exact) mass is 468 g/mol. The third-order valence-electron chi connectivity index (χ3n) is 4.96. The van der Waals surface area contributed by atoms with Crippen molar-refractivity contribution >= 4 is 5.91 Å². The minimum Gasteiger partial charge on any atom is -0.394 e. The smallest absolute Gasteiger partial charge is 0.270 e. The van der Waals surface area contributed by atoms with Crippen LogP contribution in [0.2, 0.25) is 0 Å². The molecule has 1 aliphatic heterocycles. The summed E-state index contributed by atoms with van der Waals surface area (Å²) in [6.07, 6.45) is -0.619. The molecule has 0 bridgehead atoms. The summed E-state index contributed by atoms with van der Waals surface area (Å²) >= 11 is 0. The average Bonchev–Trinajstić information content (AvgIpc) is 3.32. The van der Waals surface area contributed by atoms with Gasteiger partial charge in [0.25, 0.3) is 5.91 Å². The quantitative estimate of drug-likeness (QED) is 0.488. The van der Waals surface area contributed by atoms with Gasteiger partial charge in [0.15, 0.2) is 0 Å². The normalized spacial score (nSPS) is 17.8. The van der Waals surface area contributed by atoms with E-state index in [1.165, 1.54) is 29.1 Å². The number of nitriles is 1. The van der Waals surface area contributed by atoms with Crippen molar-refractivity contribution in [2.24, 2.45) is 0 Å². The van der Waals surface area contributed by atoms with Gasteiger partial charge in [-0.3, -0.25) is 4.79 Å². The van der Waals surface area contributed by atoms with Crippen LogP contribution in [0.15, 0.2) is 24.3 Å². The van der Waals surface area contributed by atoms with Crippen molar-refractivity contribution in [2.45, 2.75) is 32.2 Å². The molecule has 13 heteroatoms. The number of benzene rings is 1. The topological polar surface area (TPSA) is 161 Å². The molecule has 4 rings (SSSR count). The van der Waals surface area contributed by atoms with Crippen LogP contribution < -0.4 is 5.32 Å². The molecule has 3 heterocycles. The molecule has 0 aliphatic carbocycles. The molecule has 0 spiro atoms. The number of ether oxygens (including phenoxy) is 2. The van der Waals surface area contributed by atoms with Gasteiger partial charge in [0.1, 0.15) is 41.3 Å². The molecule has 1 amide bonds. The number of nitrogens with one attached hydrogen (secondary N) is 1. The van der Waals surface area contributed by atoms with E-state index in [1.807, 2.05) is 0 Å². The minimum atomic E-state index is -0.619. The highest BCUT2D eigenvalue weighted by atomic mass is 19.1. The zero-order chi connectivity index (χ0) is 24.1. The summed E-state index contributed by atoms with van der Waals surface area (Å²) in [7, 11) is 0. The van der Waals surface area contributed by atoms with E-state index in [4.69, 9.17) is 19.8 Å². The van der Waals surface area contributed by atoms with E-state index >= 15 is 0 Å². The second-order valence-corrected chi connectivity index (χ2v) is 7.56. The maximum Gasteiger partial charge on any atom is 0.270 e. The van der Waals surface area contributed by atoms with Crippen molar-refractivity contribution < 1.29 is 23.8 Å². The van der Waals surface area contributed by atoms with Gasteiger partial charge in [-0.2, -0.15) is 10.1 Å². The molecule has 1 fully saturated rings. The van der Waals surface area contributed by atoms with Crippen molar-refractivity contribution in [1.82, 2.24) is 35.5 Å². The summed E-state index contributed by atoms with van der Waals surface area (Å²) in [6, 6.07) is 7.25. The van der Waals surface area contributed by atoms with Crippen LogP contribution in [0.3, 0.4) is 0 Å². The lowest BCUT2D eigenvalue weighted by atomic mass is 10.1. The number of carbonyl (C=O) groups excluding carboxylic acids is 1. The van der Waals surface area contributed by atoms with E-state index in [1.54, 1.807) is 13.0 Å². The van der Waals surface area contributed by atoms with Crippen molar-refractivity contribution in [3.63, 3.8) is 0 Å². The van der Waals surface area contributed by atoms with Crippen molar-refractivity contribution in [2.75, 3.05) is 19.8 Å². The zero-order valence-electron chi connectivity index (χ0n) is 18.2. The third kappa shape index (κ3) is 5.54. The molecular formula is C21H21FN8O4. The predicted octanol–water partition coefficient (Wildman–Crippen LogP) is 0.156. The molecule has 3 aromatic rings. The average molecular weight is 468 g/mol. The molecular weight excluding hydrogens is 447 g/mol. The van der Waals surface area contributed by atoms with Gasteiger partial charge in [-0.25, -0.2) is 14.4 Å². The third-order valence-corrected chi connectivity index (χ3v) is 4.96. The largest absolute Gasteiger partial charge is 0.394 e. The second-order valence-electron chi connectivity index (χ2n) is 7.56. The van der Waals surface area contributed by atoms with Gasteiger partial charge < -0.3 is 19.9 Å². The van der Waals surface area contributed by atoms with E-state index < -0.39 is 11.7 Å². The number of tetrazole rings is 1. The summed E-state index contributed by atoms with van der Waals surface area (Å²) < 4.78 is 24.6. The maximum absolute atomic E-state index is 13.5. The van der Waals surface area contributed by atoms with Crippen LogP contribution in [-0.4, -0.2) is 73.2 Å². The number of nitrogens with zero attached hydrogens (tertiary/aromatic N) is 7. The standard InChI is InChI=1S/C21H21FN8O4/c1-12-25-18(20-27-29-30(28-20)8-15-10-34-16(9-31)11-33-15)5-19(26-12)21(32)24-7-13-2-3-17(22)14(4-13)6-23/h2-5,15-16,31H,7-11H2,1H3,(H,24,32)/t15-,16+/m0/s1. The van der Waals surface area contributed by atoms with Gasteiger partial charge in [-0.05, 0) is 35.9 Å². The first-order chi connectivity index (χ1) is 16.4. The highest BCUT2D eigenvalue weighted by Gasteiger charge is 2.23. The molecule has 2 atom stereocenters.